The first-order chi connectivity index (χ1) is 12.5. The zero-order valence-electron chi connectivity index (χ0n) is 20.7. The maximum atomic E-state index is 10.6. The Labute approximate surface area is 172 Å². The van der Waals surface area contributed by atoms with Gasteiger partial charge < -0.3 is 5.11 Å². The van der Waals surface area contributed by atoms with E-state index in [9.17, 15) is 5.11 Å². The normalized spacial score (nSPS) is 23.0. The molecule has 3 atom stereocenters. The number of rotatable bonds is 2. The molecule has 0 radical (unpaired) electrons. The Balaban J connectivity index is 0. The van der Waals surface area contributed by atoms with E-state index < -0.39 is 0 Å². The molecule has 2 heteroatoms. The predicted octanol–water partition coefficient (Wildman–Crippen LogP) is 7.71. The third-order valence-corrected chi connectivity index (χ3v) is 4.47. The van der Waals surface area contributed by atoms with Crippen LogP contribution in [-0.2, 0) is 0 Å². The van der Waals surface area contributed by atoms with Gasteiger partial charge in [-0.15, -0.1) is 0 Å². The van der Waals surface area contributed by atoms with Crippen LogP contribution in [0.15, 0.2) is 11.1 Å². The molecule has 0 spiro atoms. The minimum atomic E-state index is -0.386. The smallest absolute Gasteiger partial charge is 0.112 e. The largest absolute Gasteiger partial charge is 0.378 e. The van der Waals surface area contributed by atoms with Gasteiger partial charge in [-0.3, -0.25) is 5.32 Å². The number of aliphatic hydroxyl groups is 1. The summed E-state index contributed by atoms with van der Waals surface area (Å²) in [6.45, 7) is 23.4. The van der Waals surface area contributed by atoms with Gasteiger partial charge in [0.1, 0.15) is 6.23 Å². The first kappa shape index (κ1) is 28.9. The van der Waals surface area contributed by atoms with Crippen molar-refractivity contribution in [3.05, 3.63) is 11.1 Å². The van der Waals surface area contributed by atoms with Crippen molar-refractivity contribution >= 4 is 0 Å². The minimum absolute atomic E-state index is 0.0219. The molecule has 0 aromatic rings. The first-order valence-corrected chi connectivity index (χ1v) is 11.7. The molecule has 2 rings (SSSR count). The average Bonchev–Trinajstić information content (AvgIpc) is 2.55. The molecule has 2 aliphatic rings. The molecule has 0 saturated heterocycles. The van der Waals surface area contributed by atoms with E-state index in [1.54, 1.807) is 11.1 Å². The van der Waals surface area contributed by atoms with Gasteiger partial charge in [-0.25, -0.2) is 0 Å². The lowest BCUT2D eigenvalue weighted by molar-refractivity contribution is 0.0351. The van der Waals surface area contributed by atoms with E-state index in [0.717, 1.165) is 5.92 Å². The molecule has 0 bridgehead atoms. The summed E-state index contributed by atoms with van der Waals surface area (Å²) in [5.74, 6) is 1.78. The first-order valence-electron chi connectivity index (χ1n) is 11.7. The summed E-state index contributed by atoms with van der Waals surface area (Å²) >= 11 is 0. The molecule has 0 heterocycles. The molecule has 0 aromatic carbocycles. The van der Waals surface area contributed by atoms with Crippen LogP contribution in [0, 0.1) is 17.8 Å². The average molecular weight is 384 g/mol. The van der Waals surface area contributed by atoms with Crippen LogP contribution < -0.4 is 5.32 Å². The zero-order chi connectivity index (χ0) is 21.6. The molecule has 2 nitrogen and oxygen atoms in total. The van der Waals surface area contributed by atoms with Gasteiger partial charge in [-0.1, -0.05) is 73.0 Å². The molecule has 0 fully saturated rings. The molecule has 164 valence electrons. The summed E-state index contributed by atoms with van der Waals surface area (Å²) in [5, 5.41) is 13.9. The second-order valence-electron chi connectivity index (χ2n) is 9.66. The van der Waals surface area contributed by atoms with E-state index in [2.05, 4.69) is 67.6 Å². The highest BCUT2D eigenvalue weighted by Crippen LogP contribution is 2.43. The van der Waals surface area contributed by atoms with Crippen molar-refractivity contribution in [1.29, 1.82) is 0 Å². The van der Waals surface area contributed by atoms with Gasteiger partial charge in [0.2, 0.25) is 0 Å². The van der Waals surface area contributed by atoms with Crippen molar-refractivity contribution in [2.45, 2.75) is 133 Å². The van der Waals surface area contributed by atoms with E-state index in [4.69, 9.17) is 0 Å². The lowest BCUT2D eigenvalue weighted by Crippen LogP contribution is -2.50. The van der Waals surface area contributed by atoms with Crippen LogP contribution in [0.3, 0.4) is 0 Å². The second kappa shape index (κ2) is 15.6. The fourth-order valence-corrected chi connectivity index (χ4v) is 3.64. The Morgan fingerprint density at radius 2 is 1.44 bits per heavy atom. The van der Waals surface area contributed by atoms with E-state index >= 15 is 0 Å². The lowest BCUT2D eigenvalue weighted by atomic mass is 9.70. The molecule has 0 amide bonds. The van der Waals surface area contributed by atoms with Gasteiger partial charge in [0, 0.05) is 11.5 Å². The summed E-state index contributed by atoms with van der Waals surface area (Å²) in [5.41, 5.74) is 3.23. The summed E-state index contributed by atoms with van der Waals surface area (Å²) < 4.78 is 0. The quantitative estimate of drug-likeness (QED) is 0.378. The van der Waals surface area contributed by atoms with Crippen molar-refractivity contribution in [2.24, 2.45) is 17.8 Å². The van der Waals surface area contributed by atoms with Gasteiger partial charge in [-0.2, -0.15) is 0 Å². The molecular formula is C25H53NO. The monoisotopic (exact) mass is 383 g/mol. The standard InChI is InChI=1S/C16H29NO.C4H10.C3H8.C2H6/c1-11-9-10-12-7-5-6-8-13(12)14(11)15(18)17-16(2,3)4;1-4(2)3;1-3-2;1-2/h11,14-15,17-18H,5-10H2,1-4H3;4H,1-3H3;3H2,1-2H3;1-2H3. The zero-order valence-corrected chi connectivity index (χ0v) is 20.7. The Bertz CT molecular complexity index is 376. The van der Waals surface area contributed by atoms with Crippen LogP contribution in [0.5, 0.6) is 0 Å². The van der Waals surface area contributed by atoms with Gasteiger partial charge in [0.05, 0.1) is 0 Å². The van der Waals surface area contributed by atoms with Gasteiger partial charge >= 0.3 is 0 Å². The summed E-state index contributed by atoms with van der Waals surface area (Å²) in [6, 6.07) is 0. The molecule has 27 heavy (non-hydrogen) atoms. The van der Waals surface area contributed by atoms with Gasteiger partial charge in [0.25, 0.3) is 0 Å². The number of allylic oxidation sites excluding steroid dienone is 1. The summed E-state index contributed by atoms with van der Waals surface area (Å²) in [4.78, 5) is 0. The molecule has 3 unspecified atom stereocenters. The van der Waals surface area contributed by atoms with Crippen molar-refractivity contribution in [3.8, 4) is 0 Å². The Morgan fingerprint density at radius 3 is 1.89 bits per heavy atom. The van der Waals surface area contributed by atoms with Crippen LogP contribution in [0.2, 0.25) is 0 Å². The third-order valence-electron chi connectivity index (χ3n) is 4.47. The number of hydrogen-bond donors (Lipinski definition) is 2. The van der Waals surface area contributed by atoms with Crippen LogP contribution >= 0.6 is 0 Å². The van der Waals surface area contributed by atoms with Crippen molar-refractivity contribution < 1.29 is 5.11 Å². The fraction of sp³-hybridized carbons (Fsp3) is 0.920. The molecule has 2 aliphatic carbocycles. The number of hydrogen-bond acceptors (Lipinski definition) is 2. The van der Waals surface area contributed by atoms with Crippen LogP contribution in [-0.4, -0.2) is 16.9 Å². The van der Waals surface area contributed by atoms with Crippen LogP contribution in [0.25, 0.3) is 0 Å². The third kappa shape index (κ3) is 13.5. The van der Waals surface area contributed by atoms with Crippen molar-refractivity contribution in [2.75, 3.05) is 0 Å². The topological polar surface area (TPSA) is 32.3 Å². The van der Waals surface area contributed by atoms with Crippen LogP contribution in [0.4, 0.5) is 0 Å². The molecule has 0 aliphatic heterocycles. The maximum absolute atomic E-state index is 10.6. The molecular weight excluding hydrogens is 330 g/mol. The van der Waals surface area contributed by atoms with Crippen LogP contribution in [0.1, 0.15) is 121 Å². The highest BCUT2D eigenvalue weighted by molar-refractivity contribution is 5.24. The van der Waals surface area contributed by atoms with E-state index in [-0.39, 0.29) is 11.8 Å². The number of aliphatic hydroxyl groups excluding tert-OH is 1. The second-order valence-corrected chi connectivity index (χ2v) is 9.66. The molecule has 0 aromatic heterocycles. The highest BCUT2D eigenvalue weighted by Gasteiger charge is 2.35. The Kier molecular flexibility index (Phi) is 16.6. The van der Waals surface area contributed by atoms with E-state index in [1.165, 1.54) is 44.9 Å². The van der Waals surface area contributed by atoms with Crippen molar-refractivity contribution in [1.82, 2.24) is 5.32 Å². The van der Waals surface area contributed by atoms with Crippen molar-refractivity contribution in [3.63, 3.8) is 0 Å². The predicted molar refractivity (Wildman–Crippen MR) is 124 cm³/mol. The highest BCUT2D eigenvalue weighted by atomic mass is 16.3. The minimum Gasteiger partial charge on any atom is -0.378 e. The summed E-state index contributed by atoms with van der Waals surface area (Å²) in [6.07, 6.45) is 8.53. The van der Waals surface area contributed by atoms with Gasteiger partial charge in [-0.05, 0) is 71.1 Å². The fourth-order valence-electron chi connectivity index (χ4n) is 3.64. The summed E-state index contributed by atoms with van der Waals surface area (Å²) in [7, 11) is 0. The Morgan fingerprint density at radius 1 is 1.00 bits per heavy atom. The molecule has 0 saturated carbocycles. The van der Waals surface area contributed by atoms with E-state index in [1.807, 2.05) is 13.8 Å². The number of nitrogens with one attached hydrogen (secondary N) is 1. The Hall–Kier alpha value is -0.340. The van der Waals surface area contributed by atoms with E-state index in [0.29, 0.717) is 11.8 Å². The maximum Gasteiger partial charge on any atom is 0.112 e. The SMILES string of the molecule is CC.CC(C)C.CC1CCC2=C(CCCC2)C1C(O)NC(C)(C)C.CCC. The molecule has 2 N–H and O–H groups in total. The van der Waals surface area contributed by atoms with Gasteiger partial charge in [0.15, 0.2) is 0 Å². The lowest BCUT2D eigenvalue weighted by Gasteiger charge is -2.41.